The Bertz CT molecular complexity index is 541. The van der Waals surface area contributed by atoms with Gasteiger partial charge in [0.15, 0.2) is 0 Å². The van der Waals surface area contributed by atoms with E-state index in [-0.39, 0.29) is 19.1 Å². The molecular weight excluding hydrogens is 284 g/mol. The van der Waals surface area contributed by atoms with Crippen LogP contribution in [0.2, 0.25) is 0 Å². The highest BCUT2D eigenvalue weighted by Gasteiger charge is 2.09. The van der Waals surface area contributed by atoms with Crippen LogP contribution >= 0.6 is 0 Å². The zero-order valence-corrected chi connectivity index (χ0v) is 12.1. The third kappa shape index (κ3) is 6.00. The smallest absolute Gasteiger partial charge is 0.251 e. The van der Waals surface area contributed by atoms with Crippen LogP contribution in [-0.2, 0) is 14.8 Å². The van der Waals surface area contributed by atoms with Gasteiger partial charge in [-0.05, 0) is 24.3 Å². The van der Waals surface area contributed by atoms with Crippen LogP contribution in [0.5, 0.6) is 0 Å². The molecule has 0 aliphatic carbocycles. The van der Waals surface area contributed by atoms with Gasteiger partial charge in [0, 0.05) is 24.9 Å². The molecule has 20 heavy (non-hydrogen) atoms. The average Bonchev–Trinajstić information content (AvgIpc) is 2.35. The van der Waals surface area contributed by atoms with Crippen LogP contribution in [-0.4, -0.2) is 52.1 Å². The van der Waals surface area contributed by atoms with E-state index in [1.165, 1.54) is 31.4 Å². The number of hydrogen-bond donors (Lipinski definition) is 3. The second-order valence-electron chi connectivity index (χ2n) is 4.27. The van der Waals surface area contributed by atoms with E-state index in [1.807, 2.05) is 0 Å². The Labute approximate surface area is 118 Å². The van der Waals surface area contributed by atoms with E-state index in [0.717, 1.165) is 6.26 Å². The molecule has 0 fully saturated rings. The summed E-state index contributed by atoms with van der Waals surface area (Å²) in [5, 5.41) is 11.9. The topological polar surface area (TPSA) is 105 Å². The van der Waals surface area contributed by atoms with Gasteiger partial charge < -0.3 is 15.2 Å². The summed E-state index contributed by atoms with van der Waals surface area (Å²) in [6.45, 7) is 0.216. The first-order valence-corrected chi connectivity index (χ1v) is 7.74. The number of amides is 1. The minimum absolute atomic E-state index is 0.0794. The molecule has 0 heterocycles. The van der Waals surface area contributed by atoms with Crippen molar-refractivity contribution in [2.75, 3.05) is 31.2 Å². The van der Waals surface area contributed by atoms with Gasteiger partial charge in [0.05, 0.1) is 19.0 Å². The first-order valence-electron chi connectivity index (χ1n) is 5.85. The number of ether oxygens (including phenoxy) is 1. The molecule has 0 aliphatic heterocycles. The summed E-state index contributed by atoms with van der Waals surface area (Å²) in [6, 6.07) is 5.96. The summed E-state index contributed by atoms with van der Waals surface area (Å²) in [5.41, 5.74) is 0.747. The summed E-state index contributed by atoms with van der Waals surface area (Å²) in [4.78, 5) is 11.7. The lowest BCUT2D eigenvalue weighted by Gasteiger charge is -2.11. The monoisotopic (exact) mass is 302 g/mol. The summed E-state index contributed by atoms with van der Waals surface area (Å²) in [6.07, 6.45) is 0.278. The normalized spacial score (nSPS) is 12.8. The summed E-state index contributed by atoms with van der Waals surface area (Å²) < 4.78 is 29.1. The number of anilines is 1. The number of carbonyl (C=O) groups is 1. The molecule has 1 aromatic rings. The first kappa shape index (κ1) is 16.4. The second-order valence-corrected chi connectivity index (χ2v) is 6.02. The van der Waals surface area contributed by atoms with Crippen LogP contribution in [0.4, 0.5) is 5.69 Å². The Morgan fingerprint density at radius 3 is 2.45 bits per heavy atom. The predicted octanol–water partition coefficient (Wildman–Crippen LogP) is -0.205. The minimum atomic E-state index is -3.34. The van der Waals surface area contributed by atoms with Crippen molar-refractivity contribution in [2.24, 2.45) is 0 Å². The largest absolute Gasteiger partial charge is 0.389 e. The molecule has 3 N–H and O–H groups in total. The van der Waals surface area contributed by atoms with E-state index in [2.05, 4.69) is 10.0 Å². The van der Waals surface area contributed by atoms with E-state index >= 15 is 0 Å². The van der Waals surface area contributed by atoms with Gasteiger partial charge in [0.1, 0.15) is 0 Å². The maximum atomic E-state index is 11.7. The number of methoxy groups -OCH3 is 1. The number of nitrogens with one attached hydrogen (secondary N) is 2. The molecule has 0 radical (unpaired) electrons. The molecule has 1 aromatic carbocycles. The van der Waals surface area contributed by atoms with Crippen molar-refractivity contribution in [3.63, 3.8) is 0 Å². The van der Waals surface area contributed by atoms with Crippen molar-refractivity contribution in [3.05, 3.63) is 29.8 Å². The van der Waals surface area contributed by atoms with E-state index < -0.39 is 16.1 Å². The van der Waals surface area contributed by atoms with E-state index in [4.69, 9.17) is 4.74 Å². The number of hydrogen-bond acceptors (Lipinski definition) is 5. The second kappa shape index (κ2) is 7.22. The SMILES string of the molecule is COCC(O)CNC(=O)c1ccc(NS(C)(=O)=O)cc1. The third-order valence-corrected chi connectivity index (χ3v) is 2.91. The fourth-order valence-corrected chi connectivity index (χ4v) is 2.03. The number of rotatable bonds is 7. The van der Waals surface area contributed by atoms with Crippen LogP contribution in [0.3, 0.4) is 0 Å². The molecule has 0 spiro atoms. The number of carbonyl (C=O) groups excluding carboxylic acids is 1. The molecule has 0 saturated carbocycles. The summed E-state index contributed by atoms with van der Waals surface area (Å²) in [7, 11) is -1.88. The number of benzene rings is 1. The standard InChI is InChI=1S/C12H18N2O5S/c1-19-8-11(15)7-13-12(16)9-3-5-10(6-4-9)14-20(2,17)18/h3-6,11,14-15H,7-8H2,1-2H3,(H,13,16). The first-order chi connectivity index (χ1) is 9.31. The van der Waals surface area contributed by atoms with Crippen molar-refractivity contribution in [2.45, 2.75) is 6.10 Å². The number of sulfonamides is 1. The van der Waals surface area contributed by atoms with Gasteiger partial charge in [-0.1, -0.05) is 0 Å². The van der Waals surface area contributed by atoms with Gasteiger partial charge in [0.2, 0.25) is 10.0 Å². The maximum Gasteiger partial charge on any atom is 0.251 e. The zero-order valence-electron chi connectivity index (χ0n) is 11.3. The van der Waals surface area contributed by atoms with Gasteiger partial charge in [-0.2, -0.15) is 0 Å². The molecule has 0 saturated heterocycles. The Hall–Kier alpha value is -1.64. The van der Waals surface area contributed by atoms with E-state index in [9.17, 15) is 18.3 Å². The highest BCUT2D eigenvalue weighted by atomic mass is 32.2. The van der Waals surface area contributed by atoms with Gasteiger partial charge in [0.25, 0.3) is 5.91 Å². The van der Waals surface area contributed by atoms with Crippen LogP contribution < -0.4 is 10.0 Å². The van der Waals surface area contributed by atoms with Gasteiger partial charge in [-0.3, -0.25) is 9.52 Å². The molecule has 1 atom stereocenters. The Morgan fingerprint density at radius 2 is 1.95 bits per heavy atom. The van der Waals surface area contributed by atoms with Crippen LogP contribution in [0.1, 0.15) is 10.4 Å². The number of aliphatic hydroxyl groups is 1. The van der Waals surface area contributed by atoms with Crippen LogP contribution in [0.25, 0.3) is 0 Å². The average molecular weight is 302 g/mol. The fourth-order valence-electron chi connectivity index (χ4n) is 1.47. The molecular formula is C12H18N2O5S. The molecule has 112 valence electrons. The summed E-state index contributed by atoms with van der Waals surface area (Å²) in [5.74, 6) is -0.356. The van der Waals surface area contributed by atoms with Gasteiger partial charge >= 0.3 is 0 Å². The minimum Gasteiger partial charge on any atom is -0.389 e. The van der Waals surface area contributed by atoms with Crippen molar-refractivity contribution in [1.82, 2.24) is 5.32 Å². The Balaban J connectivity index is 2.57. The van der Waals surface area contributed by atoms with Crippen molar-refractivity contribution < 1.29 is 23.1 Å². The molecule has 1 unspecified atom stereocenters. The van der Waals surface area contributed by atoms with Crippen molar-refractivity contribution in [1.29, 1.82) is 0 Å². The molecule has 8 heteroatoms. The Morgan fingerprint density at radius 1 is 1.35 bits per heavy atom. The lowest BCUT2D eigenvalue weighted by Crippen LogP contribution is -2.34. The van der Waals surface area contributed by atoms with Crippen LogP contribution in [0, 0.1) is 0 Å². The quantitative estimate of drug-likeness (QED) is 0.647. The predicted molar refractivity (Wildman–Crippen MR) is 75.1 cm³/mol. The summed E-state index contributed by atoms with van der Waals surface area (Å²) >= 11 is 0. The molecule has 1 rings (SSSR count). The molecule has 7 nitrogen and oxygen atoms in total. The Kier molecular flexibility index (Phi) is 5.93. The van der Waals surface area contributed by atoms with Crippen molar-refractivity contribution >= 4 is 21.6 Å². The lowest BCUT2D eigenvalue weighted by atomic mass is 10.2. The molecule has 0 aliphatic rings. The molecule has 1 amide bonds. The third-order valence-electron chi connectivity index (χ3n) is 2.31. The van der Waals surface area contributed by atoms with E-state index in [0.29, 0.717) is 11.3 Å². The van der Waals surface area contributed by atoms with Crippen molar-refractivity contribution in [3.8, 4) is 0 Å². The maximum absolute atomic E-state index is 11.7. The van der Waals surface area contributed by atoms with Gasteiger partial charge in [-0.25, -0.2) is 8.42 Å². The lowest BCUT2D eigenvalue weighted by molar-refractivity contribution is 0.0610. The highest BCUT2D eigenvalue weighted by Crippen LogP contribution is 2.10. The number of aliphatic hydroxyl groups excluding tert-OH is 1. The van der Waals surface area contributed by atoms with Gasteiger partial charge in [-0.15, -0.1) is 0 Å². The molecule has 0 bridgehead atoms. The zero-order chi connectivity index (χ0) is 15.2. The molecule has 0 aromatic heterocycles. The van der Waals surface area contributed by atoms with Crippen LogP contribution in [0.15, 0.2) is 24.3 Å². The fraction of sp³-hybridized carbons (Fsp3) is 0.417. The highest BCUT2D eigenvalue weighted by molar-refractivity contribution is 7.92. The van der Waals surface area contributed by atoms with E-state index in [1.54, 1.807) is 0 Å².